The molecule has 0 radical (unpaired) electrons. The summed E-state index contributed by atoms with van der Waals surface area (Å²) in [4.78, 5) is 33.7. The van der Waals surface area contributed by atoms with Crippen molar-refractivity contribution < 1.29 is 19.1 Å². The van der Waals surface area contributed by atoms with Crippen LogP contribution in [0.5, 0.6) is 5.88 Å². The molecule has 0 fully saturated rings. The molecule has 8 nitrogen and oxygen atoms in total. The Morgan fingerprint density at radius 1 is 1.15 bits per heavy atom. The third kappa shape index (κ3) is 5.17. The summed E-state index contributed by atoms with van der Waals surface area (Å²) in [6, 6.07) is 6.38. The topological polar surface area (TPSA) is 93.7 Å². The number of carbonyl (C=O) groups is 2. The Morgan fingerprint density at radius 2 is 1.88 bits per heavy atom. The molecule has 0 unspecified atom stereocenters. The van der Waals surface area contributed by atoms with Crippen molar-refractivity contribution in [2.24, 2.45) is 0 Å². The van der Waals surface area contributed by atoms with Gasteiger partial charge in [-0.3, -0.25) is 9.69 Å². The molecule has 0 saturated heterocycles. The molecule has 2 aromatic rings. The van der Waals surface area contributed by atoms with Gasteiger partial charge in [0.25, 0.3) is 5.91 Å². The second-order valence-electron chi connectivity index (χ2n) is 6.49. The van der Waals surface area contributed by atoms with Gasteiger partial charge < -0.3 is 14.8 Å². The summed E-state index contributed by atoms with van der Waals surface area (Å²) in [6.07, 6.45) is 2.45. The van der Waals surface area contributed by atoms with Crippen LogP contribution in [0.1, 0.15) is 31.1 Å². The van der Waals surface area contributed by atoms with Gasteiger partial charge in [-0.2, -0.15) is 0 Å². The third-order valence-corrected chi connectivity index (χ3v) is 3.22. The Labute approximate surface area is 152 Å². The molecule has 2 amide bonds. The molecular weight excluding hydrogens is 336 g/mol. The van der Waals surface area contributed by atoms with Crippen LogP contribution < -0.4 is 15.0 Å². The van der Waals surface area contributed by atoms with Crippen molar-refractivity contribution in [3.63, 3.8) is 0 Å². The van der Waals surface area contributed by atoms with Crippen LogP contribution in [0.15, 0.2) is 36.7 Å². The number of methoxy groups -OCH3 is 1. The van der Waals surface area contributed by atoms with Crippen LogP contribution in [0.2, 0.25) is 0 Å². The normalized spacial score (nSPS) is 10.8. The van der Waals surface area contributed by atoms with Crippen LogP contribution in [0.25, 0.3) is 0 Å². The predicted molar refractivity (Wildman–Crippen MR) is 97.6 cm³/mol. The molecule has 1 N–H and O–H groups in total. The van der Waals surface area contributed by atoms with E-state index in [-0.39, 0.29) is 5.91 Å². The summed E-state index contributed by atoms with van der Waals surface area (Å²) in [5, 5.41) is 2.72. The molecule has 0 saturated carbocycles. The molecule has 0 aliphatic carbocycles. The maximum absolute atomic E-state index is 12.3. The van der Waals surface area contributed by atoms with Gasteiger partial charge in [0, 0.05) is 24.9 Å². The Morgan fingerprint density at radius 3 is 2.46 bits per heavy atom. The van der Waals surface area contributed by atoms with Gasteiger partial charge in [0.15, 0.2) is 0 Å². The van der Waals surface area contributed by atoms with Crippen molar-refractivity contribution >= 4 is 23.5 Å². The lowest BCUT2D eigenvalue weighted by Gasteiger charge is -2.24. The average molecular weight is 358 g/mol. The Balaban J connectivity index is 2.04. The van der Waals surface area contributed by atoms with Gasteiger partial charge >= 0.3 is 6.09 Å². The molecule has 26 heavy (non-hydrogen) atoms. The molecule has 0 aliphatic rings. The lowest BCUT2D eigenvalue weighted by atomic mass is 10.2. The van der Waals surface area contributed by atoms with E-state index in [4.69, 9.17) is 9.47 Å². The van der Waals surface area contributed by atoms with Gasteiger partial charge in [0.1, 0.15) is 11.4 Å². The first kappa shape index (κ1) is 19.2. The second-order valence-corrected chi connectivity index (χ2v) is 6.49. The molecule has 0 bridgehead atoms. The van der Waals surface area contributed by atoms with E-state index >= 15 is 0 Å². The van der Waals surface area contributed by atoms with E-state index in [0.717, 1.165) is 0 Å². The molecule has 0 atom stereocenters. The second kappa shape index (κ2) is 7.81. The monoisotopic (exact) mass is 358 g/mol. The SMILES string of the molecule is COc1cc(C(=O)Nc2ccc(N(C)C(=O)OC(C)(C)C)nc2)ccn1. The van der Waals surface area contributed by atoms with Crippen molar-refractivity contribution in [2.45, 2.75) is 26.4 Å². The van der Waals surface area contributed by atoms with Crippen LogP contribution in [0, 0.1) is 0 Å². The molecule has 138 valence electrons. The highest BCUT2D eigenvalue weighted by Crippen LogP contribution is 2.17. The highest BCUT2D eigenvalue weighted by molar-refractivity contribution is 6.04. The smallest absolute Gasteiger partial charge is 0.415 e. The van der Waals surface area contributed by atoms with Crippen LogP contribution in [-0.2, 0) is 4.74 Å². The zero-order valence-corrected chi connectivity index (χ0v) is 15.4. The molecule has 0 aliphatic heterocycles. The highest BCUT2D eigenvalue weighted by Gasteiger charge is 2.21. The van der Waals surface area contributed by atoms with Crippen LogP contribution in [0.3, 0.4) is 0 Å². The first-order valence-corrected chi connectivity index (χ1v) is 7.94. The van der Waals surface area contributed by atoms with Gasteiger partial charge in [0.2, 0.25) is 5.88 Å². The fourth-order valence-electron chi connectivity index (χ4n) is 1.95. The number of rotatable bonds is 4. The largest absolute Gasteiger partial charge is 0.481 e. The number of nitrogens with one attached hydrogen (secondary N) is 1. The first-order valence-electron chi connectivity index (χ1n) is 7.94. The molecule has 8 heteroatoms. The van der Waals surface area contributed by atoms with E-state index in [1.807, 2.05) is 0 Å². The number of anilines is 2. The van der Waals surface area contributed by atoms with Crippen molar-refractivity contribution in [3.8, 4) is 5.88 Å². The number of amides is 2. The summed E-state index contributed by atoms with van der Waals surface area (Å²) in [5.41, 5.74) is 0.309. The summed E-state index contributed by atoms with van der Waals surface area (Å²) in [5.74, 6) is 0.439. The fourth-order valence-corrected chi connectivity index (χ4v) is 1.95. The molecule has 2 rings (SSSR count). The number of carbonyl (C=O) groups excluding carboxylic acids is 2. The van der Waals surface area contributed by atoms with Crippen molar-refractivity contribution in [2.75, 3.05) is 24.4 Å². The van der Waals surface area contributed by atoms with Crippen molar-refractivity contribution in [1.82, 2.24) is 9.97 Å². The van der Waals surface area contributed by atoms with Gasteiger partial charge in [-0.25, -0.2) is 14.8 Å². The average Bonchev–Trinajstić information content (AvgIpc) is 2.60. The molecule has 0 aromatic carbocycles. The zero-order chi connectivity index (χ0) is 19.3. The maximum Gasteiger partial charge on any atom is 0.415 e. The number of pyridine rings is 2. The van der Waals surface area contributed by atoms with E-state index in [9.17, 15) is 9.59 Å². The van der Waals surface area contributed by atoms with E-state index in [1.54, 1.807) is 46.0 Å². The molecular formula is C18H22N4O4. The quantitative estimate of drug-likeness (QED) is 0.902. The van der Waals surface area contributed by atoms with E-state index in [0.29, 0.717) is 22.9 Å². The highest BCUT2D eigenvalue weighted by atomic mass is 16.6. The molecule has 0 spiro atoms. The van der Waals surface area contributed by atoms with E-state index < -0.39 is 11.7 Å². The van der Waals surface area contributed by atoms with Gasteiger partial charge in [-0.1, -0.05) is 0 Å². The van der Waals surface area contributed by atoms with Crippen LogP contribution in [0.4, 0.5) is 16.3 Å². The van der Waals surface area contributed by atoms with Crippen molar-refractivity contribution in [1.29, 1.82) is 0 Å². The van der Waals surface area contributed by atoms with Crippen LogP contribution in [-0.4, -0.2) is 41.7 Å². The fraction of sp³-hybridized carbons (Fsp3) is 0.333. The maximum atomic E-state index is 12.3. The zero-order valence-electron chi connectivity index (χ0n) is 15.4. The summed E-state index contributed by atoms with van der Waals surface area (Å²) >= 11 is 0. The number of hydrogen-bond donors (Lipinski definition) is 1. The Bertz CT molecular complexity index is 785. The Kier molecular flexibility index (Phi) is 5.76. The minimum atomic E-state index is -0.592. The van der Waals surface area contributed by atoms with Gasteiger partial charge in [-0.15, -0.1) is 0 Å². The first-order chi connectivity index (χ1) is 12.2. The molecule has 2 heterocycles. The minimum absolute atomic E-state index is 0.319. The summed E-state index contributed by atoms with van der Waals surface area (Å²) in [7, 11) is 3.05. The summed E-state index contributed by atoms with van der Waals surface area (Å²) < 4.78 is 10.3. The van der Waals surface area contributed by atoms with Crippen LogP contribution >= 0.6 is 0 Å². The lowest BCUT2D eigenvalue weighted by Crippen LogP contribution is -2.34. The predicted octanol–water partition coefficient (Wildman–Crippen LogP) is 3.11. The number of hydrogen-bond acceptors (Lipinski definition) is 6. The molecule has 2 aromatic heterocycles. The standard InChI is InChI=1S/C18H22N4O4/c1-18(2,3)26-17(24)22(4)14-7-6-13(11-20-14)21-16(23)12-8-9-19-15(10-12)25-5/h6-11H,1-5H3,(H,21,23). The number of ether oxygens (including phenoxy) is 2. The van der Waals surface area contributed by atoms with E-state index in [1.165, 1.54) is 30.5 Å². The summed E-state index contributed by atoms with van der Waals surface area (Å²) in [6.45, 7) is 5.37. The van der Waals surface area contributed by atoms with Gasteiger partial charge in [0.05, 0.1) is 19.0 Å². The van der Waals surface area contributed by atoms with Gasteiger partial charge in [-0.05, 0) is 39.0 Å². The number of nitrogens with zero attached hydrogens (tertiary/aromatic N) is 3. The minimum Gasteiger partial charge on any atom is -0.481 e. The van der Waals surface area contributed by atoms with E-state index in [2.05, 4.69) is 15.3 Å². The van der Waals surface area contributed by atoms with Crippen molar-refractivity contribution in [3.05, 3.63) is 42.2 Å². The third-order valence-electron chi connectivity index (χ3n) is 3.22. The number of aromatic nitrogens is 2. The Hall–Kier alpha value is -3.16. The lowest BCUT2D eigenvalue weighted by molar-refractivity contribution is 0.0588.